The van der Waals surface area contributed by atoms with E-state index in [1.54, 1.807) is 0 Å². The smallest absolute Gasteiger partial charge is 0.137 e. The minimum absolute atomic E-state index is 0.0893. The summed E-state index contributed by atoms with van der Waals surface area (Å²) in [6.07, 6.45) is 3.77. The normalized spacial score (nSPS) is 27.4. The van der Waals surface area contributed by atoms with Crippen molar-refractivity contribution in [2.75, 3.05) is 5.32 Å². The Labute approximate surface area is 127 Å². The molecule has 1 heterocycles. The minimum atomic E-state index is -0.0893. The molecule has 0 aliphatic heterocycles. The summed E-state index contributed by atoms with van der Waals surface area (Å²) in [7, 11) is 0. The third-order valence-electron chi connectivity index (χ3n) is 4.13. The van der Waals surface area contributed by atoms with Gasteiger partial charge in [-0.05, 0) is 31.1 Å². The number of nitrogens with one attached hydrogen (secondary N) is 1. The molecule has 1 aliphatic rings. The van der Waals surface area contributed by atoms with Gasteiger partial charge in [0.1, 0.15) is 16.8 Å². The summed E-state index contributed by atoms with van der Waals surface area (Å²) in [5.41, 5.74) is -0.0893. The van der Waals surface area contributed by atoms with Crippen molar-refractivity contribution in [3.8, 4) is 0 Å². The van der Waals surface area contributed by atoms with Crippen LogP contribution in [0.4, 0.5) is 5.82 Å². The van der Waals surface area contributed by atoms with Gasteiger partial charge in [0.15, 0.2) is 0 Å². The van der Waals surface area contributed by atoms with Crippen LogP contribution >= 0.6 is 11.6 Å². The lowest BCUT2D eigenvalue weighted by atomic mass is 9.80. The molecule has 1 fully saturated rings. The summed E-state index contributed by atoms with van der Waals surface area (Å²) in [6, 6.07) is 2.33. The van der Waals surface area contributed by atoms with E-state index < -0.39 is 0 Å². The summed E-state index contributed by atoms with van der Waals surface area (Å²) in [6.45, 7) is 11.0. The highest BCUT2D eigenvalue weighted by Crippen LogP contribution is 2.31. The van der Waals surface area contributed by atoms with Crippen LogP contribution in [-0.4, -0.2) is 16.0 Å². The van der Waals surface area contributed by atoms with Gasteiger partial charge in [0.25, 0.3) is 0 Å². The average Bonchev–Trinajstić information content (AvgIpc) is 2.31. The Morgan fingerprint density at radius 3 is 2.50 bits per heavy atom. The second-order valence-electron chi connectivity index (χ2n) is 7.30. The molecule has 1 saturated carbocycles. The Morgan fingerprint density at radius 1 is 1.20 bits per heavy atom. The Morgan fingerprint density at radius 2 is 1.90 bits per heavy atom. The SMILES string of the molecule is CC1CCC(Nc2cc(Cl)nc(C(C)(C)C)n2)C(C)C1. The molecule has 0 saturated heterocycles. The molecule has 3 nitrogen and oxygen atoms in total. The second kappa shape index (κ2) is 5.88. The first kappa shape index (κ1) is 15.6. The van der Waals surface area contributed by atoms with Crippen LogP contribution in [0, 0.1) is 11.8 Å². The summed E-state index contributed by atoms with van der Waals surface area (Å²) >= 11 is 6.14. The molecule has 1 aliphatic carbocycles. The molecule has 3 unspecified atom stereocenters. The summed E-state index contributed by atoms with van der Waals surface area (Å²) in [5.74, 6) is 3.17. The van der Waals surface area contributed by atoms with Gasteiger partial charge in [0, 0.05) is 17.5 Å². The molecule has 112 valence electrons. The first-order valence-corrected chi connectivity index (χ1v) is 7.95. The zero-order valence-electron chi connectivity index (χ0n) is 13.2. The maximum Gasteiger partial charge on any atom is 0.137 e. The lowest BCUT2D eigenvalue weighted by Gasteiger charge is -2.33. The predicted octanol–water partition coefficient (Wildman–Crippen LogP) is 4.66. The van der Waals surface area contributed by atoms with E-state index in [1.807, 2.05) is 6.07 Å². The number of nitrogens with zero attached hydrogens (tertiary/aromatic N) is 2. The van der Waals surface area contributed by atoms with Crippen LogP contribution in [0.5, 0.6) is 0 Å². The van der Waals surface area contributed by atoms with E-state index in [1.165, 1.54) is 19.3 Å². The predicted molar refractivity (Wildman–Crippen MR) is 85.3 cm³/mol. The van der Waals surface area contributed by atoms with Gasteiger partial charge in [-0.2, -0.15) is 0 Å². The van der Waals surface area contributed by atoms with Crippen molar-refractivity contribution < 1.29 is 0 Å². The van der Waals surface area contributed by atoms with E-state index in [-0.39, 0.29) is 5.41 Å². The number of aromatic nitrogens is 2. The number of hydrogen-bond donors (Lipinski definition) is 1. The van der Waals surface area contributed by atoms with Crippen molar-refractivity contribution in [1.82, 2.24) is 9.97 Å². The quantitative estimate of drug-likeness (QED) is 0.806. The molecule has 0 aromatic carbocycles. The lowest BCUT2D eigenvalue weighted by molar-refractivity contribution is 0.276. The molecule has 2 rings (SSSR count). The Hall–Kier alpha value is -0.830. The largest absolute Gasteiger partial charge is 0.367 e. The Kier molecular flexibility index (Phi) is 4.58. The fraction of sp³-hybridized carbons (Fsp3) is 0.750. The van der Waals surface area contributed by atoms with Crippen molar-refractivity contribution in [2.24, 2.45) is 11.8 Å². The molecule has 1 aromatic rings. The Balaban J connectivity index is 2.15. The third kappa shape index (κ3) is 3.85. The van der Waals surface area contributed by atoms with E-state index in [4.69, 9.17) is 11.6 Å². The standard InChI is InChI=1S/C16H26ClN3/c1-10-6-7-12(11(2)8-10)18-14-9-13(17)19-15(20-14)16(3,4)5/h9-12H,6-8H2,1-5H3,(H,18,19,20). The zero-order valence-corrected chi connectivity index (χ0v) is 14.0. The molecule has 4 heteroatoms. The van der Waals surface area contributed by atoms with Gasteiger partial charge in [-0.1, -0.05) is 46.2 Å². The van der Waals surface area contributed by atoms with Gasteiger partial charge < -0.3 is 5.32 Å². The van der Waals surface area contributed by atoms with Crippen molar-refractivity contribution >= 4 is 17.4 Å². The molecule has 0 amide bonds. The van der Waals surface area contributed by atoms with Gasteiger partial charge in [-0.25, -0.2) is 9.97 Å². The summed E-state index contributed by atoms with van der Waals surface area (Å²) in [5, 5.41) is 4.09. The molecule has 1 N–H and O–H groups in total. The van der Waals surface area contributed by atoms with Gasteiger partial charge in [0.05, 0.1) is 0 Å². The van der Waals surface area contributed by atoms with Crippen molar-refractivity contribution in [3.05, 3.63) is 17.0 Å². The van der Waals surface area contributed by atoms with E-state index in [0.717, 1.165) is 17.6 Å². The first-order chi connectivity index (χ1) is 9.25. The first-order valence-electron chi connectivity index (χ1n) is 7.57. The molecule has 0 bridgehead atoms. The van der Waals surface area contributed by atoms with Crippen LogP contribution in [-0.2, 0) is 5.41 Å². The highest BCUT2D eigenvalue weighted by atomic mass is 35.5. The second-order valence-corrected chi connectivity index (χ2v) is 7.68. The van der Waals surface area contributed by atoms with Gasteiger partial charge in [-0.3, -0.25) is 0 Å². The highest BCUT2D eigenvalue weighted by Gasteiger charge is 2.26. The maximum atomic E-state index is 6.14. The molecular formula is C16H26ClN3. The molecule has 1 aromatic heterocycles. The zero-order chi connectivity index (χ0) is 14.9. The highest BCUT2D eigenvalue weighted by molar-refractivity contribution is 6.29. The minimum Gasteiger partial charge on any atom is -0.367 e. The number of rotatable bonds is 2. The van der Waals surface area contributed by atoms with Crippen LogP contribution < -0.4 is 5.32 Å². The van der Waals surface area contributed by atoms with Crippen LogP contribution in [0.25, 0.3) is 0 Å². The van der Waals surface area contributed by atoms with Crippen LogP contribution in [0.15, 0.2) is 6.07 Å². The fourth-order valence-corrected chi connectivity index (χ4v) is 3.08. The van der Waals surface area contributed by atoms with Crippen LogP contribution in [0.2, 0.25) is 5.15 Å². The molecule has 0 spiro atoms. The molecule has 3 atom stereocenters. The van der Waals surface area contributed by atoms with Gasteiger partial charge in [-0.15, -0.1) is 0 Å². The molecule has 0 radical (unpaired) electrons. The Bertz CT molecular complexity index is 467. The summed E-state index contributed by atoms with van der Waals surface area (Å²) in [4.78, 5) is 8.99. The number of hydrogen-bond acceptors (Lipinski definition) is 3. The fourth-order valence-electron chi connectivity index (χ4n) is 2.90. The van der Waals surface area contributed by atoms with E-state index >= 15 is 0 Å². The topological polar surface area (TPSA) is 37.8 Å². The van der Waals surface area contributed by atoms with Crippen LogP contribution in [0.1, 0.15) is 59.7 Å². The van der Waals surface area contributed by atoms with Crippen molar-refractivity contribution in [1.29, 1.82) is 0 Å². The van der Waals surface area contributed by atoms with Crippen molar-refractivity contribution in [3.63, 3.8) is 0 Å². The van der Waals surface area contributed by atoms with E-state index in [2.05, 4.69) is 49.9 Å². The van der Waals surface area contributed by atoms with Crippen molar-refractivity contribution in [2.45, 2.75) is 65.3 Å². The molecular weight excluding hydrogens is 270 g/mol. The summed E-state index contributed by atoms with van der Waals surface area (Å²) < 4.78 is 0. The van der Waals surface area contributed by atoms with Gasteiger partial charge >= 0.3 is 0 Å². The van der Waals surface area contributed by atoms with Crippen LogP contribution in [0.3, 0.4) is 0 Å². The monoisotopic (exact) mass is 295 g/mol. The number of halogens is 1. The van der Waals surface area contributed by atoms with E-state index in [9.17, 15) is 0 Å². The van der Waals surface area contributed by atoms with E-state index in [0.29, 0.717) is 17.1 Å². The van der Waals surface area contributed by atoms with Gasteiger partial charge in [0.2, 0.25) is 0 Å². The molecule has 20 heavy (non-hydrogen) atoms. The lowest BCUT2D eigenvalue weighted by Crippen LogP contribution is -2.33. The number of anilines is 1. The average molecular weight is 296 g/mol. The third-order valence-corrected chi connectivity index (χ3v) is 4.32. The maximum absolute atomic E-state index is 6.14.